The number of nitrogens with zero attached hydrogens (tertiary/aromatic N) is 5. The molecule has 0 spiro atoms. The molecule has 0 aliphatic heterocycles. The van der Waals surface area contributed by atoms with Crippen LogP contribution in [0.25, 0.3) is 11.2 Å². The zero-order valence-corrected chi connectivity index (χ0v) is 10.9. The molecule has 0 unspecified atom stereocenters. The number of hydrogen-bond acceptors (Lipinski definition) is 5. The molecule has 0 aliphatic rings. The molecule has 0 saturated carbocycles. The van der Waals surface area contributed by atoms with Gasteiger partial charge < -0.3 is 5.73 Å². The monoisotopic (exact) mass is 304 g/mol. The molecule has 7 heteroatoms. The summed E-state index contributed by atoms with van der Waals surface area (Å²) >= 11 is 3.36. The van der Waals surface area contributed by atoms with Crippen molar-refractivity contribution in [2.24, 2.45) is 0 Å². The van der Waals surface area contributed by atoms with Gasteiger partial charge in [0.2, 0.25) is 5.95 Å². The van der Waals surface area contributed by atoms with E-state index in [1.165, 1.54) is 0 Å². The molecular weight excluding hydrogens is 296 g/mol. The predicted octanol–water partition coefficient (Wildman–Crippen LogP) is 1.61. The van der Waals surface area contributed by atoms with Gasteiger partial charge in [-0.1, -0.05) is 0 Å². The second kappa shape index (κ2) is 4.34. The molecule has 6 nitrogen and oxygen atoms in total. The van der Waals surface area contributed by atoms with Gasteiger partial charge in [0, 0.05) is 16.9 Å². The number of imidazole rings is 1. The molecule has 0 fully saturated rings. The van der Waals surface area contributed by atoms with Crippen molar-refractivity contribution in [2.75, 3.05) is 5.73 Å². The number of pyridine rings is 1. The van der Waals surface area contributed by atoms with E-state index in [2.05, 4.69) is 36.1 Å². The van der Waals surface area contributed by atoms with Crippen LogP contribution in [-0.4, -0.2) is 24.7 Å². The van der Waals surface area contributed by atoms with Gasteiger partial charge in [0.15, 0.2) is 5.65 Å². The van der Waals surface area contributed by atoms with Crippen molar-refractivity contribution in [3.8, 4) is 0 Å². The molecule has 0 aromatic carbocycles. The highest BCUT2D eigenvalue weighted by Crippen LogP contribution is 2.20. The van der Waals surface area contributed by atoms with Crippen LogP contribution in [0.3, 0.4) is 0 Å². The lowest BCUT2D eigenvalue weighted by Crippen LogP contribution is -2.07. The Morgan fingerprint density at radius 2 is 2.28 bits per heavy atom. The van der Waals surface area contributed by atoms with Crippen LogP contribution in [0.5, 0.6) is 0 Å². The summed E-state index contributed by atoms with van der Waals surface area (Å²) < 4.78 is 2.69. The van der Waals surface area contributed by atoms with Gasteiger partial charge in [-0.05, 0) is 34.1 Å². The summed E-state index contributed by atoms with van der Waals surface area (Å²) in [6.07, 6.45) is 3.35. The minimum Gasteiger partial charge on any atom is -0.369 e. The lowest BCUT2D eigenvalue weighted by atomic mass is 10.4. The lowest BCUT2D eigenvalue weighted by molar-refractivity contribution is 0.775. The number of hydrogen-bond donors (Lipinski definition) is 1. The Morgan fingerprint density at radius 3 is 3.06 bits per heavy atom. The highest BCUT2D eigenvalue weighted by atomic mass is 79.9. The molecule has 2 N–H and O–H groups in total. The third-order valence-electron chi connectivity index (χ3n) is 2.53. The van der Waals surface area contributed by atoms with Gasteiger partial charge >= 0.3 is 0 Å². The Morgan fingerprint density at radius 1 is 1.39 bits per heavy atom. The van der Waals surface area contributed by atoms with Gasteiger partial charge in [-0.2, -0.15) is 10.2 Å². The normalized spacial score (nSPS) is 10.9. The van der Waals surface area contributed by atoms with Crippen molar-refractivity contribution in [2.45, 2.75) is 6.54 Å². The number of fused-ring (bicyclic) bond motifs is 1. The van der Waals surface area contributed by atoms with Crippen LogP contribution in [0.2, 0.25) is 0 Å². The molecule has 0 amide bonds. The molecule has 0 aliphatic carbocycles. The minimum atomic E-state index is 0.418. The Kier molecular flexibility index (Phi) is 2.67. The fourth-order valence-electron chi connectivity index (χ4n) is 1.74. The second-order valence-corrected chi connectivity index (χ2v) is 4.68. The first-order valence-corrected chi connectivity index (χ1v) is 6.07. The van der Waals surface area contributed by atoms with E-state index >= 15 is 0 Å². The van der Waals surface area contributed by atoms with Crippen LogP contribution in [-0.2, 0) is 6.54 Å². The maximum Gasteiger partial charge on any atom is 0.202 e. The number of nitrogens with two attached hydrogens (primary N) is 1. The number of anilines is 1. The SMILES string of the molecule is Nc1nc2cc(Br)cnc2n1Cc1cccnn1. The van der Waals surface area contributed by atoms with Crippen LogP contribution < -0.4 is 5.73 Å². The molecular formula is C11H9BrN6. The smallest absolute Gasteiger partial charge is 0.202 e. The summed E-state index contributed by atoms with van der Waals surface area (Å²) in [4.78, 5) is 8.59. The van der Waals surface area contributed by atoms with Crippen LogP contribution in [0, 0.1) is 0 Å². The highest BCUT2D eigenvalue weighted by Gasteiger charge is 2.10. The fraction of sp³-hybridized carbons (Fsp3) is 0.0909. The first-order valence-electron chi connectivity index (χ1n) is 5.28. The van der Waals surface area contributed by atoms with E-state index in [0.29, 0.717) is 12.5 Å². The molecule has 3 rings (SSSR count). The summed E-state index contributed by atoms with van der Waals surface area (Å²) in [5.41, 5.74) is 8.21. The van der Waals surface area contributed by atoms with Crippen LogP contribution in [0.4, 0.5) is 5.95 Å². The van der Waals surface area contributed by atoms with E-state index in [0.717, 1.165) is 21.3 Å². The van der Waals surface area contributed by atoms with Crippen molar-refractivity contribution in [1.29, 1.82) is 0 Å². The summed E-state index contributed by atoms with van der Waals surface area (Å²) in [6.45, 7) is 0.505. The number of nitrogen functional groups attached to an aromatic ring is 1. The summed E-state index contributed by atoms with van der Waals surface area (Å²) in [5.74, 6) is 0.418. The van der Waals surface area contributed by atoms with E-state index < -0.39 is 0 Å². The fourth-order valence-corrected chi connectivity index (χ4v) is 2.06. The van der Waals surface area contributed by atoms with Crippen molar-refractivity contribution in [3.05, 3.63) is 40.8 Å². The van der Waals surface area contributed by atoms with E-state index in [9.17, 15) is 0 Å². The maximum atomic E-state index is 5.90. The average molecular weight is 305 g/mol. The zero-order chi connectivity index (χ0) is 12.5. The van der Waals surface area contributed by atoms with Crippen LogP contribution in [0.15, 0.2) is 35.1 Å². The largest absolute Gasteiger partial charge is 0.369 e. The topological polar surface area (TPSA) is 82.5 Å². The van der Waals surface area contributed by atoms with Crippen LogP contribution in [0.1, 0.15) is 5.69 Å². The summed E-state index contributed by atoms with van der Waals surface area (Å²) in [5, 5.41) is 7.86. The first-order chi connectivity index (χ1) is 8.74. The quantitative estimate of drug-likeness (QED) is 0.778. The van der Waals surface area contributed by atoms with Gasteiger partial charge in [0.05, 0.1) is 12.2 Å². The van der Waals surface area contributed by atoms with E-state index in [1.54, 1.807) is 12.4 Å². The Bertz CT molecular complexity index is 693. The number of aromatic nitrogens is 5. The Hall–Kier alpha value is -2.02. The summed E-state index contributed by atoms with van der Waals surface area (Å²) in [6, 6.07) is 5.60. The van der Waals surface area contributed by atoms with Crippen molar-refractivity contribution >= 4 is 33.0 Å². The lowest BCUT2D eigenvalue weighted by Gasteiger charge is -2.04. The van der Waals surface area contributed by atoms with Crippen molar-refractivity contribution < 1.29 is 0 Å². The second-order valence-electron chi connectivity index (χ2n) is 3.77. The van der Waals surface area contributed by atoms with Crippen molar-refractivity contribution in [1.82, 2.24) is 24.7 Å². The van der Waals surface area contributed by atoms with Gasteiger partial charge in [-0.25, -0.2) is 9.97 Å². The molecule has 90 valence electrons. The molecule has 0 atom stereocenters. The molecule has 3 aromatic rings. The van der Waals surface area contributed by atoms with E-state index in [-0.39, 0.29) is 0 Å². The van der Waals surface area contributed by atoms with Gasteiger partial charge in [-0.15, -0.1) is 0 Å². The molecule has 0 saturated heterocycles. The summed E-state index contributed by atoms with van der Waals surface area (Å²) in [7, 11) is 0. The highest BCUT2D eigenvalue weighted by molar-refractivity contribution is 9.10. The molecule has 0 radical (unpaired) electrons. The van der Waals surface area contributed by atoms with Gasteiger partial charge in [0.25, 0.3) is 0 Å². The van der Waals surface area contributed by atoms with Gasteiger partial charge in [-0.3, -0.25) is 4.57 Å². The molecule has 18 heavy (non-hydrogen) atoms. The standard InChI is InChI=1S/C11H9BrN6/c12-7-4-9-10(14-5-7)18(11(13)16-9)6-8-2-1-3-15-17-8/h1-5H,6H2,(H2,13,16). The predicted molar refractivity (Wildman–Crippen MR) is 70.8 cm³/mol. The maximum absolute atomic E-state index is 5.90. The number of rotatable bonds is 2. The van der Waals surface area contributed by atoms with E-state index in [1.807, 2.05) is 22.8 Å². The Balaban J connectivity index is 2.09. The third kappa shape index (κ3) is 1.92. The first kappa shape index (κ1) is 11.1. The minimum absolute atomic E-state index is 0.418. The average Bonchev–Trinajstić information content (AvgIpc) is 2.66. The zero-order valence-electron chi connectivity index (χ0n) is 9.29. The molecule has 3 aromatic heterocycles. The van der Waals surface area contributed by atoms with Crippen LogP contribution >= 0.6 is 15.9 Å². The van der Waals surface area contributed by atoms with Crippen molar-refractivity contribution in [3.63, 3.8) is 0 Å². The Labute approximate surface area is 111 Å². The molecule has 0 bridgehead atoms. The van der Waals surface area contributed by atoms with Gasteiger partial charge in [0.1, 0.15) is 5.52 Å². The third-order valence-corrected chi connectivity index (χ3v) is 2.96. The molecule has 3 heterocycles. The van der Waals surface area contributed by atoms with E-state index in [4.69, 9.17) is 5.73 Å². The number of halogens is 1.